The summed E-state index contributed by atoms with van der Waals surface area (Å²) >= 11 is 1.59. The molecule has 0 spiro atoms. The van der Waals surface area contributed by atoms with Crippen LogP contribution >= 0.6 is 11.8 Å². The molecular formula is C17H20N2O4S2. The fourth-order valence-electron chi connectivity index (χ4n) is 2.20. The number of hydrogen-bond donors (Lipinski definition) is 2. The summed E-state index contributed by atoms with van der Waals surface area (Å²) < 4.78 is 30.5. The van der Waals surface area contributed by atoms with E-state index in [0.717, 1.165) is 16.9 Å². The van der Waals surface area contributed by atoms with Crippen LogP contribution in [0.5, 0.6) is 5.75 Å². The molecule has 6 nitrogen and oxygen atoms in total. The van der Waals surface area contributed by atoms with Gasteiger partial charge in [0.1, 0.15) is 5.75 Å². The van der Waals surface area contributed by atoms with Gasteiger partial charge >= 0.3 is 0 Å². The Bertz CT molecular complexity index is 867. The number of carbonyl (C=O) groups is 1. The van der Waals surface area contributed by atoms with Gasteiger partial charge in [-0.1, -0.05) is 19.1 Å². The molecule has 0 aromatic heterocycles. The average molecular weight is 380 g/mol. The van der Waals surface area contributed by atoms with E-state index in [1.54, 1.807) is 36.0 Å². The van der Waals surface area contributed by atoms with Crippen molar-refractivity contribution in [2.75, 3.05) is 29.2 Å². The number of methoxy groups -OCH3 is 1. The molecule has 0 bridgehead atoms. The van der Waals surface area contributed by atoms with Gasteiger partial charge in [0.25, 0.3) is 5.91 Å². The van der Waals surface area contributed by atoms with Crippen LogP contribution in [0.1, 0.15) is 17.3 Å². The zero-order chi connectivity index (χ0) is 18.4. The lowest BCUT2D eigenvalue weighted by Crippen LogP contribution is -2.14. The maximum absolute atomic E-state index is 12.6. The highest BCUT2D eigenvalue weighted by Crippen LogP contribution is 2.29. The third kappa shape index (κ3) is 5.40. The standard InChI is InChI=1S/C17H20N2O4S2/c1-4-24-16-8-6-5-7-13(16)17(20)18-12-9-10-15(23-2)14(11-12)19-25(3,21)22/h5-11,19H,4H2,1-3H3,(H,18,20). The molecule has 2 rings (SSSR count). The van der Waals surface area contributed by atoms with Crippen molar-refractivity contribution in [3.05, 3.63) is 48.0 Å². The van der Waals surface area contributed by atoms with Crippen LogP contribution in [0.4, 0.5) is 11.4 Å². The Morgan fingerprint density at radius 2 is 1.92 bits per heavy atom. The fraction of sp³-hybridized carbons (Fsp3) is 0.235. The molecule has 0 aliphatic carbocycles. The molecule has 0 saturated heterocycles. The molecule has 2 aromatic carbocycles. The van der Waals surface area contributed by atoms with Crippen LogP contribution in [0.15, 0.2) is 47.4 Å². The van der Waals surface area contributed by atoms with Crippen LogP contribution in [-0.2, 0) is 10.0 Å². The molecule has 0 radical (unpaired) electrons. The molecule has 0 fully saturated rings. The molecular weight excluding hydrogens is 360 g/mol. The quantitative estimate of drug-likeness (QED) is 0.719. The van der Waals surface area contributed by atoms with Crippen molar-refractivity contribution < 1.29 is 17.9 Å². The predicted octanol–water partition coefficient (Wildman–Crippen LogP) is 3.43. The first-order valence-corrected chi connectivity index (χ1v) is 10.4. The molecule has 2 aromatic rings. The second-order valence-corrected chi connectivity index (χ2v) is 8.23. The molecule has 25 heavy (non-hydrogen) atoms. The van der Waals surface area contributed by atoms with Gasteiger partial charge in [0.15, 0.2) is 0 Å². The molecule has 0 saturated carbocycles. The van der Waals surface area contributed by atoms with Crippen LogP contribution in [0.3, 0.4) is 0 Å². The Balaban J connectivity index is 2.28. The first-order valence-electron chi connectivity index (χ1n) is 7.53. The number of amides is 1. The van der Waals surface area contributed by atoms with E-state index in [9.17, 15) is 13.2 Å². The molecule has 2 N–H and O–H groups in total. The normalized spacial score (nSPS) is 11.0. The van der Waals surface area contributed by atoms with E-state index in [2.05, 4.69) is 10.0 Å². The molecule has 134 valence electrons. The molecule has 0 unspecified atom stereocenters. The molecule has 0 heterocycles. The number of sulfonamides is 1. The van der Waals surface area contributed by atoms with E-state index in [4.69, 9.17) is 4.74 Å². The molecule has 0 aliphatic rings. The lowest BCUT2D eigenvalue weighted by atomic mass is 10.2. The maximum atomic E-state index is 12.6. The van der Waals surface area contributed by atoms with Gasteiger partial charge in [-0.15, -0.1) is 11.8 Å². The molecule has 0 atom stereocenters. The zero-order valence-corrected chi connectivity index (χ0v) is 15.8. The van der Waals surface area contributed by atoms with Gasteiger partial charge in [-0.25, -0.2) is 8.42 Å². The first kappa shape index (κ1) is 19.1. The minimum atomic E-state index is -3.47. The highest BCUT2D eigenvalue weighted by Gasteiger charge is 2.14. The first-order chi connectivity index (χ1) is 11.8. The number of anilines is 2. The Labute approximate surface area is 152 Å². The number of benzene rings is 2. The number of ether oxygens (including phenoxy) is 1. The highest BCUT2D eigenvalue weighted by atomic mass is 32.2. The van der Waals surface area contributed by atoms with Crippen molar-refractivity contribution in [1.29, 1.82) is 0 Å². The van der Waals surface area contributed by atoms with E-state index in [1.165, 1.54) is 13.2 Å². The number of nitrogens with one attached hydrogen (secondary N) is 2. The van der Waals surface area contributed by atoms with Crippen LogP contribution in [0.2, 0.25) is 0 Å². The Kier molecular flexibility index (Phi) is 6.33. The predicted molar refractivity (Wildman–Crippen MR) is 102 cm³/mol. The number of hydrogen-bond acceptors (Lipinski definition) is 5. The Morgan fingerprint density at radius 1 is 1.20 bits per heavy atom. The third-order valence-electron chi connectivity index (χ3n) is 3.18. The van der Waals surface area contributed by atoms with Gasteiger partial charge in [0.2, 0.25) is 10.0 Å². The van der Waals surface area contributed by atoms with Crippen molar-refractivity contribution in [3.63, 3.8) is 0 Å². The van der Waals surface area contributed by atoms with Crippen molar-refractivity contribution in [3.8, 4) is 5.75 Å². The van der Waals surface area contributed by atoms with E-state index < -0.39 is 10.0 Å². The minimum absolute atomic E-state index is 0.257. The van der Waals surface area contributed by atoms with E-state index in [-0.39, 0.29) is 11.6 Å². The lowest BCUT2D eigenvalue weighted by molar-refractivity contribution is 0.102. The van der Waals surface area contributed by atoms with E-state index in [0.29, 0.717) is 17.0 Å². The lowest BCUT2D eigenvalue weighted by Gasteiger charge is -2.13. The van der Waals surface area contributed by atoms with Crippen LogP contribution < -0.4 is 14.8 Å². The summed E-state index contributed by atoms with van der Waals surface area (Å²) in [5, 5.41) is 2.79. The largest absolute Gasteiger partial charge is 0.495 e. The summed E-state index contributed by atoms with van der Waals surface area (Å²) in [6.45, 7) is 2.02. The summed E-state index contributed by atoms with van der Waals surface area (Å²) in [7, 11) is -2.02. The van der Waals surface area contributed by atoms with E-state index in [1.807, 2.05) is 19.1 Å². The highest BCUT2D eigenvalue weighted by molar-refractivity contribution is 7.99. The topological polar surface area (TPSA) is 84.5 Å². The van der Waals surface area contributed by atoms with Gasteiger partial charge < -0.3 is 10.1 Å². The summed E-state index contributed by atoms with van der Waals surface area (Å²) in [6, 6.07) is 12.1. The van der Waals surface area contributed by atoms with Gasteiger partial charge in [-0.3, -0.25) is 9.52 Å². The number of rotatable bonds is 7. The maximum Gasteiger partial charge on any atom is 0.256 e. The zero-order valence-electron chi connectivity index (χ0n) is 14.2. The summed E-state index contributed by atoms with van der Waals surface area (Å²) in [5.74, 6) is 0.965. The van der Waals surface area contributed by atoms with Gasteiger partial charge in [0.05, 0.1) is 24.6 Å². The average Bonchev–Trinajstić information content (AvgIpc) is 2.54. The SMILES string of the molecule is CCSc1ccccc1C(=O)Nc1ccc(OC)c(NS(C)(=O)=O)c1. The minimum Gasteiger partial charge on any atom is -0.495 e. The van der Waals surface area contributed by atoms with Crippen LogP contribution in [-0.4, -0.2) is 33.4 Å². The number of thioether (sulfide) groups is 1. The second kappa shape index (κ2) is 8.26. The van der Waals surface area contributed by atoms with Gasteiger partial charge in [-0.2, -0.15) is 0 Å². The van der Waals surface area contributed by atoms with Crippen molar-refractivity contribution in [1.82, 2.24) is 0 Å². The summed E-state index contributed by atoms with van der Waals surface area (Å²) in [4.78, 5) is 13.5. The van der Waals surface area contributed by atoms with Crippen molar-refractivity contribution in [2.24, 2.45) is 0 Å². The van der Waals surface area contributed by atoms with Gasteiger partial charge in [0, 0.05) is 10.6 Å². The van der Waals surface area contributed by atoms with Crippen LogP contribution in [0.25, 0.3) is 0 Å². The Hall–Kier alpha value is -2.19. The van der Waals surface area contributed by atoms with Gasteiger partial charge in [-0.05, 0) is 36.1 Å². The van der Waals surface area contributed by atoms with Crippen LogP contribution in [0, 0.1) is 0 Å². The summed E-state index contributed by atoms with van der Waals surface area (Å²) in [6.07, 6.45) is 1.05. The smallest absolute Gasteiger partial charge is 0.256 e. The summed E-state index contributed by atoms with van der Waals surface area (Å²) in [5.41, 5.74) is 1.30. The molecule has 1 amide bonds. The van der Waals surface area contributed by atoms with Crippen molar-refractivity contribution >= 4 is 39.1 Å². The number of carbonyl (C=O) groups excluding carboxylic acids is 1. The van der Waals surface area contributed by atoms with Crippen molar-refractivity contribution in [2.45, 2.75) is 11.8 Å². The Morgan fingerprint density at radius 3 is 2.56 bits per heavy atom. The molecule has 0 aliphatic heterocycles. The second-order valence-electron chi connectivity index (χ2n) is 5.17. The fourth-order valence-corrected chi connectivity index (χ4v) is 3.56. The van der Waals surface area contributed by atoms with E-state index >= 15 is 0 Å². The third-order valence-corrected chi connectivity index (χ3v) is 4.73. The molecule has 8 heteroatoms. The monoisotopic (exact) mass is 380 g/mol.